The number of likely N-dealkylation sites (N-methyl/N-ethyl adjacent to an activating group) is 1. The molecule has 0 saturated carbocycles. The average molecular weight is 444 g/mol. The van der Waals surface area contributed by atoms with Crippen molar-refractivity contribution in [2.24, 2.45) is 0 Å². The normalized spacial score (nSPS) is 14.2. The summed E-state index contributed by atoms with van der Waals surface area (Å²) in [6, 6.07) is 2.36. The Balaban J connectivity index is 0.00000242. The van der Waals surface area contributed by atoms with E-state index in [-0.39, 0.29) is 44.0 Å². The molecule has 6 heteroatoms. The molecule has 1 heterocycles. The van der Waals surface area contributed by atoms with Crippen LogP contribution in [-0.4, -0.2) is 18.1 Å². The van der Waals surface area contributed by atoms with Crippen LogP contribution in [0.2, 0.25) is 0 Å². The number of hydrogen-bond donors (Lipinski definition) is 0. The summed E-state index contributed by atoms with van der Waals surface area (Å²) < 4.78 is 34.4. The average Bonchev–Trinajstić information content (AvgIpc) is 2.42. The summed E-state index contributed by atoms with van der Waals surface area (Å²) in [6.07, 6.45) is 4.51. The molecule has 0 N–H and O–H groups in total. The standard InChI is InChI=1S/C16H15BrF2NO.Y/c1-4-20-10(3)12(17)6-7-15(20)16-13(18)8-11(21-5-2)9-14(16)19;/h6,8-9H,3-5H2,1-2H3;/q-1;. The quantitative estimate of drug-likeness (QED) is 0.629. The van der Waals surface area contributed by atoms with Crippen LogP contribution in [0.4, 0.5) is 8.78 Å². The summed E-state index contributed by atoms with van der Waals surface area (Å²) in [5.74, 6) is -1.19. The molecule has 1 aliphatic heterocycles. The van der Waals surface area contributed by atoms with E-state index in [1.54, 1.807) is 17.9 Å². The summed E-state index contributed by atoms with van der Waals surface area (Å²) in [7, 11) is 0. The first-order valence-corrected chi connectivity index (χ1v) is 7.37. The van der Waals surface area contributed by atoms with Crippen molar-refractivity contribution >= 4 is 21.6 Å². The molecular formula is C16H15BrF2NOY-. The van der Waals surface area contributed by atoms with Crippen molar-refractivity contribution in [1.29, 1.82) is 0 Å². The van der Waals surface area contributed by atoms with Gasteiger partial charge in [-0.1, -0.05) is 16.8 Å². The maximum Gasteiger partial charge on any atom is 0.122 e. The van der Waals surface area contributed by atoms with E-state index in [9.17, 15) is 8.78 Å². The zero-order chi connectivity index (χ0) is 15.6. The number of halogens is 3. The smallest absolute Gasteiger partial charge is 0.122 e. The van der Waals surface area contributed by atoms with Crippen molar-refractivity contribution < 1.29 is 46.2 Å². The van der Waals surface area contributed by atoms with Crippen LogP contribution in [0.15, 0.2) is 35.0 Å². The third-order valence-corrected chi connectivity index (χ3v) is 3.77. The van der Waals surface area contributed by atoms with Crippen molar-refractivity contribution in [3.05, 3.63) is 58.2 Å². The zero-order valence-electron chi connectivity index (χ0n) is 12.4. The van der Waals surface area contributed by atoms with Crippen LogP contribution in [0.25, 0.3) is 5.70 Å². The monoisotopic (exact) mass is 443 g/mol. The largest absolute Gasteiger partial charge is 0.494 e. The van der Waals surface area contributed by atoms with Gasteiger partial charge in [0.25, 0.3) is 0 Å². The number of nitrogens with zero attached hydrogens (tertiary/aromatic N) is 1. The first kappa shape index (κ1) is 19.5. The second-order valence-electron chi connectivity index (χ2n) is 4.37. The molecule has 1 aliphatic rings. The Morgan fingerprint density at radius 1 is 1.27 bits per heavy atom. The van der Waals surface area contributed by atoms with Gasteiger partial charge in [0.1, 0.15) is 5.75 Å². The van der Waals surface area contributed by atoms with Crippen LogP contribution in [-0.2, 0) is 32.7 Å². The topological polar surface area (TPSA) is 12.5 Å². The second-order valence-corrected chi connectivity index (χ2v) is 5.23. The molecule has 2 nitrogen and oxygen atoms in total. The molecular weight excluding hydrogens is 429 g/mol. The number of rotatable bonds is 4. The van der Waals surface area contributed by atoms with E-state index in [2.05, 4.69) is 28.6 Å². The predicted octanol–water partition coefficient (Wildman–Crippen LogP) is 4.63. The fraction of sp³-hybridized carbons (Fsp3) is 0.250. The van der Waals surface area contributed by atoms with E-state index in [4.69, 9.17) is 4.74 Å². The molecule has 0 bridgehead atoms. The molecule has 0 fully saturated rings. The van der Waals surface area contributed by atoms with Gasteiger partial charge in [0.05, 0.1) is 18.2 Å². The Labute approximate surface area is 162 Å². The fourth-order valence-corrected chi connectivity index (χ4v) is 2.47. The minimum absolute atomic E-state index is 0. The van der Waals surface area contributed by atoms with E-state index < -0.39 is 11.6 Å². The van der Waals surface area contributed by atoms with Gasteiger partial charge in [-0.15, -0.1) is 15.9 Å². The Morgan fingerprint density at radius 3 is 2.36 bits per heavy atom. The molecule has 2 rings (SSSR count). The molecule has 1 radical (unpaired) electrons. The van der Waals surface area contributed by atoms with Gasteiger partial charge in [0.15, 0.2) is 0 Å². The molecule has 0 unspecified atom stereocenters. The summed E-state index contributed by atoms with van der Waals surface area (Å²) in [4.78, 5) is 1.70. The maximum absolute atomic E-state index is 14.3. The first-order valence-electron chi connectivity index (χ1n) is 6.57. The van der Waals surface area contributed by atoms with E-state index in [1.165, 1.54) is 12.1 Å². The van der Waals surface area contributed by atoms with E-state index in [1.807, 2.05) is 6.92 Å². The third-order valence-electron chi connectivity index (χ3n) is 3.09. The van der Waals surface area contributed by atoms with Gasteiger partial charge in [0, 0.05) is 51.4 Å². The molecule has 0 spiro atoms. The van der Waals surface area contributed by atoms with Gasteiger partial charge >= 0.3 is 0 Å². The van der Waals surface area contributed by atoms with Crippen LogP contribution < -0.4 is 4.74 Å². The molecule has 1 aromatic carbocycles. The van der Waals surface area contributed by atoms with Crippen LogP contribution >= 0.6 is 15.9 Å². The van der Waals surface area contributed by atoms with Crippen LogP contribution in [0.3, 0.4) is 0 Å². The van der Waals surface area contributed by atoms with Gasteiger partial charge in [-0.05, 0) is 25.1 Å². The van der Waals surface area contributed by atoms with E-state index in [0.717, 1.165) is 4.48 Å². The van der Waals surface area contributed by atoms with Gasteiger partial charge in [-0.25, -0.2) is 8.78 Å². The molecule has 0 saturated heterocycles. The van der Waals surface area contributed by atoms with Crippen LogP contribution in [0, 0.1) is 17.7 Å². The number of hydrogen-bond acceptors (Lipinski definition) is 2. The van der Waals surface area contributed by atoms with Crippen LogP contribution in [0.1, 0.15) is 19.4 Å². The van der Waals surface area contributed by atoms with Crippen molar-refractivity contribution in [2.75, 3.05) is 13.2 Å². The summed E-state index contributed by atoms with van der Waals surface area (Å²) in [5.41, 5.74) is 0.834. The van der Waals surface area contributed by atoms with Gasteiger partial charge in [-0.3, -0.25) is 0 Å². The fourth-order valence-electron chi connectivity index (χ4n) is 2.14. The van der Waals surface area contributed by atoms with Crippen molar-refractivity contribution in [3.8, 4) is 5.75 Å². The third kappa shape index (κ3) is 3.87. The Bertz CT molecular complexity index is 620. The van der Waals surface area contributed by atoms with E-state index >= 15 is 0 Å². The number of allylic oxidation sites excluding steroid dienone is 3. The molecule has 1 aromatic rings. The Morgan fingerprint density at radius 2 is 1.86 bits per heavy atom. The molecule has 22 heavy (non-hydrogen) atoms. The Kier molecular flexibility index (Phi) is 7.43. The minimum Gasteiger partial charge on any atom is -0.494 e. The Hall–Kier alpha value is -0.516. The SMILES string of the molecule is C=C1C(Br)=C[C-]=C(c2c(F)cc(OCC)cc2F)N1CC.[Y]. The second kappa shape index (κ2) is 8.37. The molecule has 0 atom stereocenters. The van der Waals surface area contributed by atoms with Crippen LogP contribution in [0.5, 0.6) is 5.75 Å². The zero-order valence-corrected chi connectivity index (χ0v) is 16.8. The molecule has 0 aromatic heterocycles. The summed E-state index contributed by atoms with van der Waals surface area (Å²) >= 11 is 3.34. The molecule has 115 valence electrons. The number of ether oxygens (including phenoxy) is 1. The van der Waals surface area contributed by atoms with Crippen molar-refractivity contribution in [3.63, 3.8) is 0 Å². The van der Waals surface area contributed by atoms with Gasteiger partial charge in [-0.2, -0.15) is 12.2 Å². The number of benzene rings is 1. The van der Waals surface area contributed by atoms with Gasteiger partial charge in [0.2, 0.25) is 0 Å². The predicted molar refractivity (Wildman–Crippen MR) is 82.7 cm³/mol. The van der Waals surface area contributed by atoms with E-state index in [0.29, 0.717) is 24.5 Å². The van der Waals surface area contributed by atoms with Crippen molar-refractivity contribution in [1.82, 2.24) is 4.90 Å². The molecule has 0 amide bonds. The summed E-state index contributed by atoms with van der Waals surface area (Å²) in [6.45, 7) is 8.42. The van der Waals surface area contributed by atoms with Crippen molar-refractivity contribution in [2.45, 2.75) is 13.8 Å². The van der Waals surface area contributed by atoms with Gasteiger partial charge < -0.3 is 9.64 Å². The first-order chi connectivity index (χ1) is 9.99. The minimum atomic E-state index is -0.682. The molecule has 0 aliphatic carbocycles. The summed E-state index contributed by atoms with van der Waals surface area (Å²) in [5, 5.41) is 0. The maximum atomic E-state index is 14.3.